The van der Waals surface area contributed by atoms with Crippen LogP contribution in [-0.4, -0.2) is 4.98 Å². The predicted molar refractivity (Wildman–Crippen MR) is 102 cm³/mol. The molecule has 0 aliphatic carbocycles. The Morgan fingerprint density at radius 1 is 1.04 bits per heavy atom. The molecule has 2 aromatic rings. The van der Waals surface area contributed by atoms with Crippen molar-refractivity contribution < 1.29 is 0 Å². The van der Waals surface area contributed by atoms with Gasteiger partial charge in [-0.05, 0) is 50.3 Å². The molecule has 1 aromatic carbocycles. The third-order valence-electron chi connectivity index (χ3n) is 3.44. The first-order valence-electron chi connectivity index (χ1n) is 8.03. The van der Waals surface area contributed by atoms with E-state index in [4.69, 9.17) is 0 Å². The van der Waals surface area contributed by atoms with Crippen molar-refractivity contribution >= 4 is 0 Å². The molecule has 0 spiro atoms. The number of aryl methyl sites for hydroxylation is 3. The molecule has 1 heterocycles. The van der Waals surface area contributed by atoms with Crippen LogP contribution in [0, 0.1) is 13.8 Å². The molecule has 1 aromatic heterocycles. The zero-order valence-corrected chi connectivity index (χ0v) is 14.3. The van der Waals surface area contributed by atoms with Crippen molar-refractivity contribution in [1.29, 1.82) is 0 Å². The largest absolute Gasteiger partial charge is 0.261 e. The zero-order chi connectivity index (χ0) is 16.9. The van der Waals surface area contributed by atoms with E-state index in [2.05, 4.69) is 49.3 Å². The van der Waals surface area contributed by atoms with E-state index in [1.807, 2.05) is 49.5 Å². The summed E-state index contributed by atoms with van der Waals surface area (Å²) < 4.78 is 0. The first kappa shape index (κ1) is 18.6. The summed E-state index contributed by atoms with van der Waals surface area (Å²) in [7, 11) is 0. The second-order valence-electron chi connectivity index (χ2n) is 5.50. The van der Waals surface area contributed by atoms with Crippen molar-refractivity contribution in [2.24, 2.45) is 0 Å². The first-order chi connectivity index (χ1) is 11.2. The Bertz CT molecular complexity index is 606. The molecule has 120 valence electrons. The molecule has 0 radical (unpaired) electrons. The molecule has 2 rings (SSSR count). The average molecular weight is 305 g/mol. The molecule has 0 atom stereocenters. The fourth-order valence-corrected chi connectivity index (χ4v) is 2.08. The maximum Gasteiger partial charge on any atom is 0.0372 e. The standard InChI is InChI=1S/C15H19N.C7H8/c1-4-7-14(5-2)8-6-9-15-11-10-13(3)16-12-15;1-7-5-3-2-4-6-7/h4-5,7,10-12H,1-2,6,8-9H2,3H3;2-6H,1H3/b14-7+;. The van der Waals surface area contributed by atoms with Crippen LogP contribution in [0.3, 0.4) is 0 Å². The molecule has 0 saturated carbocycles. The monoisotopic (exact) mass is 305 g/mol. The Labute approximate surface area is 141 Å². The normalized spacial score (nSPS) is 10.4. The number of benzene rings is 1. The highest BCUT2D eigenvalue weighted by Gasteiger charge is 1.95. The van der Waals surface area contributed by atoms with Crippen LogP contribution >= 0.6 is 0 Å². The number of hydrogen-bond donors (Lipinski definition) is 0. The van der Waals surface area contributed by atoms with Gasteiger partial charge in [0, 0.05) is 11.9 Å². The van der Waals surface area contributed by atoms with Gasteiger partial charge in [-0.3, -0.25) is 4.98 Å². The van der Waals surface area contributed by atoms with E-state index < -0.39 is 0 Å². The Morgan fingerprint density at radius 3 is 2.26 bits per heavy atom. The smallest absolute Gasteiger partial charge is 0.0372 e. The van der Waals surface area contributed by atoms with Crippen LogP contribution in [0.1, 0.15) is 29.7 Å². The van der Waals surface area contributed by atoms with Gasteiger partial charge in [0.15, 0.2) is 0 Å². The molecular weight excluding hydrogens is 278 g/mol. The van der Waals surface area contributed by atoms with Gasteiger partial charge < -0.3 is 0 Å². The number of nitrogens with zero attached hydrogens (tertiary/aromatic N) is 1. The predicted octanol–water partition coefficient (Wildman–Crippen LogP) is 6.01. The van der Waals surface area contributed by atoms with Crippen molar-refractivity contribution in [1.82, 2.24) is 4.98 Å². The van der Waals surface area contributed by atoms with Gasteiger partial charge in [0.05, 0.1) is 0 Å². The summed E-state index contributed by atoms with van der Waals surface area (Å²) in [5.41, 5.74) is 4.94. The number of hydrogen-bond acceptors (Lipinski definition) is 1. The molecule has 1 heteroatoms. The lowest BCUT2D eigenvalue weighted by Crippen LogP contribution is -1.89. The topological polar surface area (TPSA) is 12.9 Å². The Morgan fingerprint density at radius 2 is 1.78 bits per heavy atom. The van der Waals surface area contributed by atoms with Crippen molar-refractivity contribution in [2.75, 3.05) is 0 Å². The molecule has 0 N–H and O–H groups in total. The lowest BCUT2D eigenvalue weighted by Gasteiger charge is -2.02. The molecule has 23 heavy (non-hydrogen) atoms. The van der Waals surface area contributed by atoms with Gasteiger partial charge in [0.25, 0.3) is 0 Å². The van der Waals surface area contributed by atoms with Crippen molar-refractivity contribution in [3.63, 3.8) is 0 Å². The minimum atomic E-state index is 1.05. The van der Waals surface area contributed by atoms with E-state index in [0.29, 0.717) is 0 Å². The summed E-state index contributed by atoms with van der Waals surface area (Å²) in [5.74, 6) is 0. The van der Waals surface area contributed by atoms with E-state index >= 15 is 0 Å². The summed E-state index contributed by atoms with van der Waals surface area (Å²) >= 11 is 0. The quantitative estimate of drug-likeness (QED) is 0.596. The van der Waals surface area contributed by atoms with Crippen molar-refractivity contribution in [2.45, 2.75) is 33.1 Å². The Balaban J connectivity index is 0.000000313. The van der Waals surface area contributed by atoms with Crippen LogP contribution < -0.4 is 0 Å². The average Bonchev–Trinajstić information content (AvgIpc) is 2.57. The first-order valence-corrected chi connectivity index (χ1v) is 8.03. The lowest BCUT2D eigenvalue weighted by molar-refractivity contribution is 0.819. The highest BCUT2D eigenvalue weighted by atomic mass is 14.6. The van der Waals surface area contributed by atoms with Gasteiger partial charge in [-0.2, -0.15) is 0 Å². The summed E-state index contributed by atoms with van der Waals surface area (Å²) in [4.78, 5) is 4.28. The third kappa shape index (κ3) is 8.57. The molecule has 0 amide bonds. The second kappa shape index (κ2) is 11.2. The number of rotatable bonds is 6. The summed E-state index contributed by atoms with van der Waals surface area (Å²) in [6.45, 7) is 11.6. The molecule has 0 bridgehead atoms. The number of aromatic nitrogens is 1. The van der Waals surface area contributed by atoms with E-state index in [-0.39, 0.29) is 0 Å². The van der Waals surface area contributed by atoms with Crippen LogP contribution in [0.15, 0.2) is 85.6 Å². The fourth-order valence-electron chi connectivity index (χ4n) is 2.08. The fraction of sp³-hybridized carbons (Fsp3) is 0.227. The summed E-state index contributed by atoms with van der Waals surface area (Å²) in [5, 5.41) is 0. The number of allylic oxidation sites excluding steroid dienone is 4. The van der Waals surface area contributed by atoms with E-state index in [1.54, 1.807) is 0 Å². The molecule has 0 aliphatic rings. The van der Waals surface area contributed by atoms with Gasteiger partial charge >= 0.3 is 0 Å². The Hall–Kier alpha value is -2.41. The third-order valence-corrected chi connectivity index (χ3v) is 3.44. The second-order valence-corrected chi connectivity index (χ2v) is 5.50. The SMILES string of the molecule is C=C/C=C(\C=C)CCCc1ccc(C)nc1.Cc1ccccc1. The maximum absolute atomic E-state index is 4.28. The highest BCUT2D eigenvalue weighted by Crippen LogP contribution is 2.10. The van der Waals surface area contributed by atoms with Crippen LogP contribution in [0.25, 0.3) is 0 Å². The van der Waals surface area contributed by atoms with Crippen LogP contribution in [0.5, 0.6) is 0 Å². The minimum absolute atomic E-state index is 1.05. The van der Waals surface area contributed by atoms with Crippen LogP contribution in [-0.2, 0) is 6.42 Å². The highest BCUT2D eigenvalue weighted by molar-refractivity contribution is 5.21. The molecule has 0 unspecified atom stereocenters. The lowest BCUT2D eigenvalue weighted by atomic mass is 10.0. The molecule has 0 fully saturated rings. The van der Waals surface area contributed by atoms with E-state index in [0.717, 1.165) is 25.0 Å². The van der Waals surface area contributed by atoms with Crippen molar-refractivity contribution in [3.8, 4) is 0 Å². The summed E-state index contributed by atoms with van der Waals surface area (Å²) in [6, 6.07) is 14.5. The van der Waals surface area contributed by atoms with E-state index in [1.165, 1.54) is 16.7 Å². The van der Waals surface area contributed by atoms with Crippen LogP contribution in [0.2, 0.25) is 0 Å². The Kier molecular flexibility index (Phi) is 9.07. The maximum atomic E-state index is 4.28. The van der Waals surface area contributed by atoms with Gasteiger partial charge in [-0.15, -0.1) is 0 Å². The summed E-state index contributed by atoms with van der Waals surface area (Å²) in [6.07, 6.45) is 10.9. The van der Waals surface area contributed by atoms with E-state index in [9.17, 15) is 0 Å². The van der Waals surface area contributed by atoms with Gasteiger partial charge in [-0.1, -0.05) is 73.3 Å². The number of pyridine rings is 1. The van der Waals surface area contributed by atoms with Gasteiger partial charge in [-0.25, -0.2) is 0 Å². The van der Waals surface area contributed by atoms with Gasteiger partial charge in [0.1, 0.15) is 0 Å². The molecule has 0 aliphatic heterocycles. The van der Waals surface area contributed by atoms with Crippen LogP contribution in [0.4, 0.5) is 0 Å². The molecule has 0 saturated heterocycles. The molecule has 1 nitrogen and oxygen atoms in total. The minimum Gasteiger partial charge on any atom is -0.261 e. The van der Waals surface area contributed by atoms with Crippen molar-refractivity contribution in [3.05, 3.63) is 102 Å². The molecular formula is C22H27N. The zero-order valence-electron chi connectivity index (χ0n) is 14.3. The van der Waals surface area contributed by atoms with Gasteiger partial charge in [0.2, 0.25) is 0 Å².